The number of aryl methyl sites for hydroxylation is 1. The molecule has 3 nitrogen and oxygen atoms in total. The molecule has 0 bridgehead atoms. The molecule has 0 aliphatic heterocycles. The second-order valence-electron chi connectivity index (χ2n) is 4.61. The van der Waals surface area contributed by atoms with Gasteiger partial charge in [-0.3, -0.25) is 4.79 Å². The van der Waals surface area contributed by atoms with Crippen molar-refractivity contribution in [2.45, 2.75) is 13.5 Å². The van der Waals surface area contributed by atoms with E-state index < -0.39 is 0 Å². The Morgan fingerprint density at radius 2 is 2.00 bits per heavy atom. The van der Waals surface area contributed by atoms with E-state index in [1.54, 1.807) is 25.2 Å². The fourth-order valence-electron chi connectivity index (χ4n) is 2.02. The maximum absolute atomic E-state index is 12.2. The molecule has 0 spiro atoms. The van der Waals surface area contributed by atoms with Gasteiger partial charge in [0, 0.05) is 24.3 Å². The lowest BCUT2D eigenvalue weighted by atomic mass is 10.1. The van der Waals surface area contributed by atoms with Crippen LogP contribution < -0.4 is 10.6 Å². The molecule has 2 N–H and O–H groups in total. The normalized spacial score (nSPS) is 10.2. The summed E-state index contributed by atoms with van der Waals surface area (Å²) >= 11 is 5.95. The SMILES string of the molecule is CNc1ccc(Cl)cc1C(=O)NCc1cccc(C)c1. The second kappa shape index (κ2) is 6.44. The summed E-state index contributed by atoms with van der Waals surface area (Å²) in [5.74, 6) is -0.140. The van der Waals surface area contributed by atoms with Crippen molar-refractivity contribution in [2.75, 3.05) is 12.4 Å². The van der Waals surface area contributed by atoms with Crippen LogP contribution in [0.3, 0.4) is 0 Å². The Bertz CT molecular complexity index is 626. The van der Waals surface area contributed by atoms with Gasteiger partial charge in [0.15, 0.2) is 0 Å². The summed E-state index contributed by atoms with van der Waals surface area (Å²) in [6.45, 7) is 2.53. The minimum absolute atomic E-state index is 0.140. The Hall–Kier alpha value is -2.00. The van der Waals surface area contributed by atoms with Crippen LogP contribution in [0.5, 0.6) is 0 Å². The lowest BCUT2D eigenvalue weighted by molar-refractivity contribution is 0.0951. The minimum Gasteiger partial charge on any atom is -0.387 e. The quantitative estimate of drug-likeness (QED) is 0.902. The molecular weight excluding hydrogens is 272 g/mol. The first-order valence-corrected chi connectivity index (χ1v) is 6.79. The largest absolute Gasteiger partial charge is 0.387 e. The number of halogens is 1. The monoisotopic (exact) mass is 288 g/mol. The lowest BCUT2D eigenvalue weighted by Gasteiger charge is -2.10. The van der Waals surface area contributed by atoms with E-state index in [4.69, 9.17) is 11.6 Å². The highest BCUT2D eigenvalue weighted by molar-refractivity contribution is 6.31. The Morgan fingerprint density at radius 1 is 1.20 bits per heavy atom. The predicted octanol–water partition coefficient (Wildman–Crippen LogP) is 3.62. The van der Waals surface area contributed by atoms with Crippen LogP contribution in [0.1, 0.15) is 21.5 Å². The van der Waals surface area contributed by atoms with Crippen LogP contribution in [0.25, 0.3) is 0 Å². The Balaban J connectivity index is 2.10. The molecule has 0 aliphatic rings. The van der Waals surface area contributed by atoms with Crippen molar-refractivity contribution in [2.24, 2.45) is 0 Å². The standard InChI is InChI=1S/C16H17ClN2O/c1-11-4-3-5-12(8-11)10-19-16(20)14-9-13(17)6-7-15(14)18-2/h3-9,18H,10H2,1-2H3,(H,19,20). The molecule has 2 rings (SSSR count). The summed E-state index contributed by atoms with van der Waals surface area (Å²) in [5.41, 5.74) is 3.56. The number of carbonyl (C=O) groups is 1. The molecule has 104 valence electrons. The first-order chi connectivity index (χ1) is 9.60. The molecule has 0 saturated heterocycles. The third-order valence-corrected chi connectivity index (χ3v) is 3.27. The second-order valence-corrected chi connectivity index (χ2v) is 5.05. The number of rotatable bonds is 4. The van der Waals surface area contributed by atoms with E-state index in [9.17, 15) is 4.79 Å². The molecule has 0 unspecified atom stereocenters. The molecule has 1 amide bonds. The van der Waals surface area contributed by atoms with Crippen molar-refractivity contribution in [3.05, 3.63) is 64.2 Å². The predicted molar refractivity (Wildman–Crippen MR) is 83.3 cm³/mol. The Labute approximate surface area is 124 Å². The van der Waals surface area contributed by atoms with E-state index in [0.29, 0.717) is 17.1 Å². The zero-order valence-corrected chi connectivity index (χ0v) is 12.3. The smallest absolute Gasteiger partial charge is 0.253 e. The molecule has 2 aromatic rings. The molecule has 0 atom stereocenters. The third-order valence-electron chi connectivity index (χ3n) is 3.03. The Morgan fingerprint density at radius 3 is 2.70 bits per heavy atom. The van der Waals surface area contributed by atoms with Crippen molar-refractivity contribution < 1.29 is 4.79 Å². The summed E-state index contributed by atoms with van der Waals surface area (Å²) < 4.78 is 0. The highest BCUT2D eigenvalue weighted by atomic mass is 35.5. The zero-order valence-electron chi connectivity index (χ0n) is 11.5. The molecule has 0 aromatic heterocycles. The van der Waals surface area contributed by atoms with Gasteiger partial charge in [0.25, 0.3) is 5.91 Å². The molecule has 0 radical (unpaired) electrons. The van der Waals surface area contributed by atoms with Gasteiger partial charge < -0.3 is 10.6 Å². The van der Waals surface area contributed by atoms with Gasteiger partial charge in [-0.1, -0.05) is 41.4 Å². The van der Waals surface area contributed by atoms with Crippen LogP contribution in [0.2, 0.25) is 5.02 Å². The van der Waals surface area contributed by atoms with Crippen LogP contribution in [0.4, 0.5) is 5.69 Å². The van der Waals surface area contributed by atoms with Crippen molar-refractivity contribution >= 4 is 23.2 Å². The molecule has 0 heterocycles. The zero-order chi connectivity index (χ0) is 14.5. The molecule has 4 heteroatoms. The van der Waals surface area contributed by atoms with Gasteiger partial charge >= 0.3 is 0 Å². The van der Waals surface area contributed by atoms with Gasteiger partial charge in [-0.25, -0.2) is 0 Å². The van der Waals surface area contributed by atoms with Gasteiger partial charge in [0.1, 0.15) is 0 Å². The fraction of sp³-hybridized carbons (Fsp3) is 0.188. The average molecular weight is 289 g/mol. The van der Waals surface area contributed by atoms with Gasteiger partial charge in [-0.2, -0.15) is 0 Å². The molecular formula is C16H17ClN2O. The van der Waals surface area contributed by atoms with Gasteiger partial charge in [-0.15, -0.1) is 0 Å². The number of anilines is 1. The van der Waals surface area contributed by atoms with E-state index in [0.717, 1.165) is 11.3 Å². The molecule has 0 fully saturated rings. The van der Waals surface area contributed by atoms with Crippen LogP contribution in [-0.4, -0.2) is 13.0 Å². The number of nitrogens with one attached hydrogen (secondary N) is 2. The van der Waals surface area contributed by atoms with Crippen LogP contribution >= 0.6 is 11.6 Å². The van der Waals surface area contributed by atoms with E-state index in [-0.39, 0.29) is 5.91 Å². The maximum atomic E-state index is 12.2. The highest BCUT2D eigenvalue weighted by Crippen LogP contribution is 2.20. The summed E-state index contributed by atoms with van der Waals surface area (Å²) in [6, 6.07) is 13.3. The lowest BCUT2D eigenvalue weighted by Crippen LogP contribution is -2.23. The number of carbonyl (C=O) groups excluding carboxylic acids is 1. The number of hydrogen-bond donors (Lipinski definition) is 2. The molecule has 0 aliphatic carbocycles. The topological polar surface area (TPSA) is 41.1 Å². The van der Waals surface area contributed by atoms with Crippen LogP contribution in [-0.2, 0) is 6.54 Å². The van der Waals surface area contributed by atoms with Crippen molar-refractivity contribution in [1.82, 2.24) is 5.32 Å². The minimum atomic E-state index is -0.140. The van der Waals surface area contributed by atoms with Crippen molar-refractivity contribution in [1.29, 1.82) is 0 Å². The highest BCUT2D eigenvalue weighted by Gasteiger charge is 2.11. The van der Waals surface area contributed by atoms with Crippen molar-refractivity contribution in [3.63, 3.8) is 0 Å². The van der Waals surface area contributed by atoms with Crippen LogP contribution in [0.15, 0.2) is 42.5 Å². The summed E-state index contributed by atoms with van der Waals surface area (Å²) in [5, 5.41) is 6.44. The van der Waals surface area contributed by atoms with E-state index in [2.05, 4.69) is 16.7 Å². The summed E-state index contributed by atoms with van der Waals surface area (Å²) in [4.78, 5) is 12.2. The van der Waals surface area contributed by atoms with Gasteiger partial charge in [0.05, 0.1) is 5.56 Å². The molecule has 20 heavy (non-hydrogen) atoms. The van der Waals surface area contributed by atoms with E-state index >= 15 is 0 Å². The van der Waals surface area contributed by atoms with Gasteiger partial charge in [0.2, 0.25) is 0 Å². The van der Waals surface area contributed by atoms with E-state index in [1.165, 1.54) is 5.56 Å². The average Bonchev–Trinajstić information content (AvgIpc) is 2.45. The van der Waals surface area contributed by atoms with Crippen molar-refractivity contribution in [3.8, 4) is 0 Å². The first-order valence-electron chi connectivity index (χ1n) is 6.41. The summed E-state index contributed by atoms with van der Waals surface area (Å²) in [7, 11) is 1.78. The molecule has 0 saturated carbocycles. The summed E-state index contributed by atoms with van der Waals surface area (Å²) in [6.07, 6.45) is 0. The van der Waals surface area contributed by atoms with E-state index in [1.807, 2.05) is 25.1 Å². The number of amides is 1. The maximum Gasteiger partial charge on any atom is 0.253 e. The third kappa shape index (κ3) is 3.52. The first kappa shape index (κ1) is 14.4. The Kier molecular flexibility index (Phi) is 4.64. The van der Waals surface area contributed by atoms with Crippen LogP contribution in [0, 0.1) is 6.92 Å². The molecule has 2 aromatic carbocycles. The number of benzene rings is 2. The number of hydrogen-bond acceptors (Lipinski definition) is 2. The van der Waals surface area contributed by atoms with Gasteiger partial charge in [-0.05, 0) is 30.7 Å². The fourth-order valence-corrected chi connectivity index (χ4v) is 2.19.